The zero-order valence-electron chi connectivity index (χ0n) is 15.5. The third-order valence-corrected chi connectivity index (χ3v) is 4.72. The lowest BCUT2D eigenvalue weighted by atomic mass is 10.0. The SMILES string of the molecule is COc1ccc(CN2CCNCC2c2ccccc2OC)c(OC)c1.Cl. The molecule has 0 amide bonds. The summed E-state index contributed by atoms with van der Waals surface area (Å²) in [7, 11) is 5.10. The first-order valence-electron chi connectivity index (χ1n) is 8.55. The summed E-state index contributed by atoms with van der Waals surface area (Å²) in [5.74, 6) is 2.60. The van der Waals surface area contributed by atoms with E-state index in [9.17, 15) is 0 Å². The van der Waals surface area contributed by atoms with Crippen molar-refractivity contribution >= 4 is 12.4 Å². The highest BCUT2D eigenvalue weighted by molar-refractivity contribution is 5.85. The molecule has 0 spiro atoms. The molecule has 142 valence electrons. The third-order valence-electron chi connectivity index (χ3n) is 4.72. The van der Waals surface area contributed by atoms with E-state index in [2.05, 4.69) is 28.4 Å². The molecule has 1 atom stereocenters. The number of hydrogen-bond acceptors (Lipinski definition) is 5. The smallest absolute Gasteiger partial charge is 0.127 e. The number of hydrogen-bond donors (Lipinski definition) is 1. The molecule has 0 bridgehead atoms. The number of nitrogens with zero attached hydrogens (tertiary/aromatic N) is 1. The van der Waals surface area contributed by atoms with E-state index >= 15 is 0 Å². The van der Waals surface area contributed by atoms with Gasteiger partial charge in [0, 0.05) is 43.4 Å². The van der Waals surface area contributed by atoms with Crippen LogP contribution >= 0.6 is 12.4 Å². The standard InChI is InChI=1S/C20H26N2O3.ClH/c1-23-16-9-8-15(20(12-16)25-3)14-22-11-10-21-13-18(22)17-6-4-5-7-19(17)24-2;/h4-9,12,18,21H,10-11,13-14H2,1-3H3;1H. The van der Waals surface area contributed by atoms with Crippen LogP contribution in [0.15, 0.2) is 42.5 Å². The van der Waals surface area contributed by atoms with Crippen LogP contribution in [-0.2, 0) is 6.54 Å². The summed E-state index contributed by atoms with van der Waals surface area (Å²) in [4.78, 5) is 2.47. The molecule has 0 radical (unpaired) electrons. The predicted octanol–water partition coefficient (Wildman–Crippen LogP) is 3.28. The molecule has 1 N–H and O–H groups in total. The van der Waals surface area contributed by atoms with Gasteiger partial charge in [-0.15, -0.1) is 12.4 Å². The number of piperazine rings is 1. The molecule has 0 aliphatic carbocycles. The van der Waals surface area contributed by atoms with E-state index in [1.165, 1.54) is 5.56 Å². The lowest BCUT2D eigenvalue weighted by molar-refractivity contribution is 0.149. The topological polar surface area (TPSA) is 43.0 Å². The molecule has 1 fully saturated rings. The summed E-state index contributed by atoms with van der Waals surface area (Å²) in [6, 6.07) is 14.5. The second-order valence-electron chi connectivity index (χ2n) is 6.11. The van der Waals surface area contributed by atoms with Crippen molar-refractivity contribution in [1.29, 1.82) is 0 Å². The van der Waals surface area contributed by atoms with Gasteiger partial charge in [0.25, 0.3) is 0 Å². The molecular formula is C20H27ClN2O3. The summed E-state index contributed by atoms with van der Waals surface area (Å²) >= 11 is 0. The lowest BCUT2D eigenvalue weighted by Gasteiger charge is -2.37. The molecule has 2 aromatic rings. The molecule has 1 aliphatic rings. The first-order chi connectivity index (χ1) is 12.3. The van der Waals surface area contributed by atoms with Crippen molar-refractivity contribution in [1.82, 2.24) is 10.2 Å². The van der Waals surface area contributed by atoms with E-state index < -0.39 is 0 Å². The molecule has 6 heteroatoms. The number of rotatable bonds is 6. The van der Waals surface area contributed by atoms with Crippen LogP contribution in [0.1, 0.15) is 17.2 Å². The Morgan fingerprint density at radius 1 is 1.00 bits per heavy atom. The zero-order valence-corrected chi connectivity index (χ0v) is 16.3. The van der Waals surface area contributed by atoms with Gasteiger partial charge in [0.2, 0.25) is 0 Å². The minimum atomic E-state index is 0. The maximum Gasteiger partial charge on any atom is 0.127 e. The normalized spacial score (nSPS) is 17.3. The fourth-order valence-electron chi connectivity index (χ4n) is 3.39. The second kappa shape index (κ2) is 9.67. The van der Waals surface area contributed by atoms with Crippen LogP contribution in [0, 0.1) is 0 Å². The fourth-order valence-corrected chi connectivity index (χ4v) is 3.39. The van der Waals surface area contributed by atoms with Gasteiger partial charge in [-0.2, -0.15) is 0 Å². The average molecular weight is 379 g/mol. The number of methoxy groups -OCH3 is 3. The summed E-state index contributed by atoms with van der Waals surface area (Å²) < 4.78 is 16.4. The van der Waals surface area contributed by atoms with Crippen molar-refractivity contribution in [2.75, 3.05) is 41.0 Å². The van der Waals surface area contributed by atoms with Crippen molar-refractivity contribution in [3.8, 4) is 17.2 Å². The van der Waals surface area contributed by atoms with Crippen molar-refractivity contribution in [2.24, 2.45) is 0 Å². The largest absolute Gasteiger partial charge is 0.497 e. The highest BCUT2D eigenvalue weighted by Crippen LogP contribution is 2.33. The molecule has 1 saturated heterocycles. The quantitative estimate of drug-likeness (QED) is 0.835. The molecule has 2 aromatic carbocycles. The molecule has 1 unspecified atom stereocenters. The third kappa shape index (κ3) is 4.41. The van der Waals surface area contributed by atoms with Crippen LogP contribution < -0.4 is 19.5 Å². The van der Waals surface area contributed by atoms with Crippen LogP contribution in [0.5, 0.6) is 17.2 Å². The van der Waals surface area contributed by atoms with Gasteiger partial charge in [0.05, 0.1) is 27.4 Å². The van der Waals surface area contributed by atoms with Gasteiger partial charge in [-0.1, -0.05) is 24.3 Å². The van der Waals surface area contributed by atoms with Crippen molar-refractivity contribution in [3.63, 3.8) is 0 Å². The van der Waals surface area contributed by atoms with E-state index in [-0.39, 0.29) is 18.4 Å². The maximum atomic E-state index is 5.58. The number of halogens is 1. The van der Waals surface area contributed by atoms with Gasteiger partial charge < -0.3 is 19.5 Å². The summed E-state index contributed by atoms with van der Waals surface area (Å²) in [5.41, 5.74) is 2.37. The minimum Gasteiger partial charge on any atom is -0.497 e. The first kappa shape index (κ1) is 20.4. The van der Waals surface area contributed by atoms with Crippen molar-refractivity contribution in [3.05, 3.63) is 53.6 Å². The Balaban J connectivity index is 0.00000243. The molecule has 1 heterocycles. The van der Waals surface area contributed by atoms with Crippen LogP contribution in [0.3, 0.4) is 0 Å². The van der Waals surface area contributed by atoms with Gasteiger partial charge >= 0.3 is 0 Å². The van der Waals surface area contributed by atoms with Crippen molar-refractivity contribution < 1.29 is 14.2 Å². The van der Waals surface area contributed by atoms with Gasteiger partial charge in [0.15, 0.2) is 0 Å². The number of nitrogens with one attached hydrogen (secondary N) is 1. The monoisotopic (exact) mass is 378 g/mol. The van der Waals surface area contributed by atoms with E-state index in [0.717, 1.165) is 49.0 Å². The Hall–Kier alpha value is -1.95. The highest BCUT2D eigenvalue weighted by Gasteiger charge is 2.26. The molecule has 26 heavy (non-hydrogen) atoms. The van der Waals surface area contributed by atoms with Gasteiger partial charge in [0.1, 0.15) is 17.2 Å². The van der Waals surface area contributed by atoms with Gasteiger partial charge in [-0.05, 0) is 12.1 Å². The molecule has 1 aliphatic heterocycles. The van der Waals surface area contributed by atoms with E-state index in [0.29, 0.717) is 0 Å². The summed E-state index contributed by atoms with van der Waals surface area (Å²) in [6.07, 6.45) is 0. The molecule has 0 aromatic heterocycles. The summed E-state index contributed by atoms with van der Waals surface area (Å²) in [5, 5.41) is 3.50. The lowest BCUT2D eigenvalue weighted by Crippen LogP contribution is -2.45. The van der Waals surface area contributed by atoms with Gasteiger partial charge in [-0.25, -0.2) is 0 Å². The zero-order chi connectivity index (χ0) is 17.6. The van der Waals surface area contributed by atoms with Crippen molar-refractivity contribution in [2.45, 2.75) is 12.6 Å². The fraction of sp³-hybridized carbons (Fsp3) is 0.400. The first-order valence-corrected chi connectivity index (χ1v) is 8.55. The Morgan fingerprint density at radius 2 is 1.77 bits per heavy atom. The van der Waals surface area contributed by atoms with E-state index in [1.807, 2.05) is 24.3 Å². The Kier molecular flexibility index (Phi) is 7.57. The second-order valence-corrected chi connectivity index (χ2v) is 6.11. The Bertz CT molecular complexity index is 711. The molecule has 5 nitrogen and oxygen atoms in total. The average Bonchev–Trinajstić information content (AvgIpc) is 2.68. The summed E-state index contributed by atoms with van der Waals surface area (Å²) in [6.45, 7) is 3.67. The van der Waals surface area contributed by atoms with Crippen LogP contribution in [0.2, 0.25) is 0 Å². The predicted molar refractivity (Wildman–Crippen MR) is 106 cm³/mol. The van der Waals surface area contributed by atoms with Crippen LogP contribution in [0.25, 0.3) is 0 Å². The van der Waals surface area contributed by atoms with E-state index in [1.54, 1.807) is 21.3 Å². The van der Waals surface area contributed by atoms with Crippen LogP contribution in [-0.4, -0.2) is 45.9 Å². The van der Waals surface area contributed by atoms with Gasteiger partial charge in [-0.3, -0.25) is 4.90 Å². The maximum absolute atomic E-state index is 5.58. The number of ether oxygens (including phenoxy) is 3. The molecule has 3 rings (SSSR count). The molecular weight excluding hydrogens is 352 g/mol. The number of para-hydroxylation sites is 1. The number of benzene rings is 2. The highest BCUT2D eigenvalue weighted by atomic mass is 35.5. The van der Waals surface area contributed by atoms with Crippen LogP contribution in [0.4, 0.5) is 0 Å². The Labute approximate surface area is 161 Å². The Morgan fingerprint density at radius 3 is 2.50 bits per heavy atom. The van der Waals surface area contributed by atoms with E-state index in [4.69, 9.17) is 14.2 Å². The minimum absolute atomic E-state index is 0. The molecule has 0 saturated carbocycles.